The van der Waals surface area contributed by atoms with E-state index < -0.39 is 29.7 Å². The van der Waals surface area contributed by atoms with Gasteiger partial charge in [-0.25, -0.2) is 14.5 Å². The molecule has 152 valence electrons. The molecule has 2 aliphatic heterocycles. The van der Waals surface area contributed by atoms with E-state index in [0.29, 0.717) is 6.42 Å². The second-order valence-electron chi connectivity index (χ2n) is 7.21. The molecule has 0 spiro atoms. The number of carbonyl (C=O) groups excluding carboxylic acids is 3. The van der Waals surface area contributed by atoms with E-state index in [4.69, 9.17) is 0 Å². The first-order chi connectivity index (χ1) is 13.1. The summed E-state index contributed by atoms with van der Waals surface area (Å²) >= 11 is 0. The Labute approximate surface area is 159 Å². The Morgan fingerprint density at radius 3 is 2.61 bits per heavy atom. The molecule has 1 aromatic rings. The van der Waals surface area contributed by atoms with Crippen molar-refractivity contribution in [3.05, 3.63) is 29.8 Å². The summed E-state index contributed by atoms with van der Waals surface area (Å²) in [6.45, 7) is 3.86. The van der Waals surface area contributed by atoms with Gasteiger partial charge in [0.1, 0.15) is 6.04 Å². The molecule has 0 aromatic heterocycles. The highest BCUT2D eigenvalue weighted by atomic mass is 19.4. The molecule has 1 aromatic carbocycles. The fourth-order valence-electron chi connectivity index (χ4n) is 3.48. The van der Waals surface area contributed by atoms with Gasteiger partial charge in [0.25, 0.3) is 5.91 Å². The third-order valence-electron chi connectivity index (χ3n) is 4.73. The molecule has 5 amide bonds. The van der Waals surface area contributed by atoms with Crippen LogP contribution in [-0.2, 0) is 11.0 Å². The normalized spacial score (nSPS) is 22.5. The number of urea groups is 2. The molecular formula is C18H21F3N4O3. The monoisotopic (exact) mass is 398 g/mol. The van der Waals surface area contributed by atoms with Gasteiger partial charge in [-0.05, 0) is 44.9 Å². The van der Waals surface area contributed by atoms with E-state index in [1.165, 1.54) is 11.0 Å². The van der Waals surface area contributed by atoms with E-state index in [-0.39, 0.29) is 36.8 Å². The van der Waals surface area contributed by atoms with E-state index in [2.05, 4.69) is 10.6 Å². The Morgan fingerprint density at radius 2 is 1.96 bits per heavy atom. The first-order valence-electron chi connectivity index (χ1n) is 8.97. The molecule has 2 aliphatic rings. The lowest BCUT2D eigenvalue weighted by atomic mass is 9.98. The second kappa shape index (κ2) is 7.33. The number of nitrogens with one attached hydrogen (secondary N) is 2. The lowest BCUT2D eigenvalue weighted by Gasteiger charge is -2.32. The predicted molar refractivity (Wildman–Crippen MR) is 94.6 cm³/mol. The summed E-state index contributed by atoms with van der Waals surface area (Å²) in [6, 6.07) is 1.98. The highest BCUT2D eigenvalue weighted by Crippen LogP contribution is 2.35. The molecule has 2 fully saturated rings. The summed E-state index contributed by atoms with van der Waals surface area (Å²) < 4.78 is 38.9. The van der Waals surface area contributed by atoms with Crippen molar-refractivity contribution >= 4 is 23.7 Å². The fraction of sp³-hybridized carbons (Fsp3) is 0.500. The van der Waals surface area contributed by atoms with Crippen molar-refractivity contribution in [2.45, 2.75) is 51.0 Å². The van der Waals surface area contributed by atoms with E-state index >= 15 is 0 Å². The van der Waals surface area contributed by atoms with Crippen molar-refractivity contribution < 1.29 is 27.6 Å². The molecule has 10 heteroatoms. The average Bonchev–Trinajstić information content (AvgIpc) is 2.84. The number of piperidine rings is 1. The van der Waals surface area contributed by atoms with Gasteiger partial charge < -0.3 is 15.5 Å². The van der Waals surface area contributed by atoms with Crippen LogP contribution in [0.4, 0.5) is 28.4 Å². The van der Waals surface area contributed by atoms with Gasteiger partial charge in [-0.3, -0.25) is 4.79 Å². The minimum Gasteiger partial charge on any atom is -0.336 e. The summed E-state index contributed by atoms with van der Waals surface area (Å²) in [7, 11) is 0. The standard InChI is InChI=1S/C18H21F3N4O3/c1-10(2)22-16(27)23-12-6-7-24-14(9-12)15(26)25(17(24)28)13-5-3-4-11(8-13)18(19,20)21/h3-5,8,10,12,14H,6-7,9H2,1-2H3,(H2,22,23,27)/t12-,14-/m0/s1. The van der Waals surface area contributed by atoms with Gasteiger partial charge in [-0.15, -0.1) is 0 Å². The van der Waals surface area contributed by atoms with E-state index in [1.54, 1.807) is 0 Å². The fourth-order valence-corrected chi connectivity index (χ4v) is 3.48. The number of carbonyl (C=O) groups is 3. The van der Waals surface area contributed by atoms with Gasteiger partial charge in [-0.2, -0.15) is 13.2 Å². The van der Waals surface area contributed by atoms with Gasteiger partial charge in [0, 0.05) is 18.6 Å². The van der Waals surface area contributed by atoms with E-state index in [9.17, 15) is 27.6 Å². The molecule has 2 atom stereocenters. The number of amides is 5. The van der Waals surface area contributed by atoms with Crippen molar-refractivity contribution in [1.29, 1.82) is 0 Å². The Bertz CT molecular complexity index is 797. The molecule has 0 unspecified atom stereocenters. The molecular weight excluding hydrogens is 377 g/mol. The molecule has 0 aliphatic carbocycles. The number of hydrogen-bond donors (Lipinski definition) is 2. The zero-order valence-corrected chi connectivity index (χ0v) is 15.4. The predicted octanol–water partition coefficient (Wildman–Crippen LogP) is 2.71. The SMILES string of the molecule is CC(C)NC(=O)N[C@H]1CCN2C(=O)N(c3cccc(C(F)(F)F)c3)C(=O)[C@@H]2C1. The number of halogens is 3. The van der Waals surface area contributed by atoms with E-state index in [0.717, 1.165) is 23.1 Å². The Balaban J connectivity index is 1.76. The average molecular weight is 398 g/mol. The van der Waals surface area contributed by atoms with E-state index in [1.807, 2.05) is 13.8 Å². The zero-order chi connectivity index (χ0) is 20.6. The van der Waals surface area contributed by atoms with Crippen LogP contribution in [0.3, 0.4) is 0 Å². The zero-order valence-electron chi connectivity index (χ0n) is 15.4. The lowest BCUT2D eigenvalue weighted by Crippen LogP contribution is -2.52. The number of alkyl halides is 3. The Hall–Kier alpha value is -2.78. The van der Waals surface area contributed by atoms with Crippen LogP contribution in [0.5, 0.6) is 0 Å². The van der Waals surface area contributed by atoms with Gasteiger partial charge in [0.05, 0.1) is 11.3 Å². The minimum atomic E-state index is -4.58. The summed E-state index contributed by atoms with van der Waals surface area (Å²) in [5, 5.41) is 5.47. The van der Waals surface area contributed by atoms with Crippen LogP contribution in [0, 0.1) is 0 Å². The van der Waals surface area contributed by atoms with Crippen molar-refractivity contribution in [2.75, 3.05) is 11.4 Å². The maximum atomic E-state index is 13.0. The van der Waals surface area contributed by atoms with Crippen molar-refractivity contribution in [2.24, 2.45) is 0 Å². The molecule has 2 saturated heterocycles. The smallest absolute Gasteiger partial charge is 0.336 e. The van der Waals surface area contributed by atoms with Crippen LogP contribution in [0.2, 0.25) is 0 Å². The second-order valence-corrected chi connectivity index (χ2v) is 7.21. The Morgan fingerprint density at radius 1 is 1.25 bits per heavy atom. The van der Waals surface area contributed by atoms with Crippen molar-refractivity contribution in [1.82, 2.24) is 15.5 Å². The maximum absolute atomic E-state index is 13.0. The van der Waals surface area contributed by atoms with Gasteiger partial charge in [0.2, 0.25) is 0 Å². The quantitative estimate of drug-likeness (QED) is 0.769. The van der Waals surface area contributed by atoms with Crippen LogP contribution >= 0.6 is 0 Å². The summed E-state index contributed by atoms with van der Waals surface area (Å²) in [6.07, 6.45) is -3.91. The molecule has 2 heterocycles. The van der Waals surface area contributed by atoms with Gasteiger partial charge >= 0.3 is 18.2 Å². The number of hydrogen-bond acceptors (Lipinski definition) is 3. The van der Waals surface area contributed by atoms with Crippen LogP contribution in [0.15, 0.2) is 24.3 Å². The first-order valence-corrected chi connectivity index (χ1v) is 8.97. The lowest BCUT2D eigenvalue weighted by molar-refractivity contribution is -0.137. The van der Waals surface area contributed by atoms with Crippen LogP contribution in [-0.4, -0.2) is 47.5 Å². The number of rotatable bonds is 3. The van der Waals surface area contributed by atoms with Crippen LogP contribution < -0.4 is 15.5 Å². The highest BCUT2D eigenvalue weighted by molar-refractivity contribution is 6.21. The number of anilines is 1. The van der Waals surface area contributed by atoms with Crippen LogP contribution in [0.25, 0.3) is 0 Å². The minimum absolute atomic E-state index is 0.0498. The molecule has 0 saturated carbocycles. The third kappa shape index (κ3) is 3.90. The molecule has 2 N–H and O–H groups in total. The molecule has 0 bridgehead atoms. The first kappa shape index (κ1) is 20.0. The number of benzene rings is 1. The summed E-state index contributed by atoms with van der Waals surface area (Å²) in [5.74, 6) is -0.583. The molecule has 7 nitrogen and oxygen atoms in total. The van der Waals surface area contributed by atoms with Crippen molar-refractivity contribution in [3.63, 3.8) is 0 Å². The molecule has 3 rings (SSSR count). The molecule has 0 radical (unpaired) electrons. The largest absolute Gasteiger partial charge is 0.416 e. The molecule has 28 heavy (non-hydrogen) atoms. The summed E-state index contributed by atoms with van der Waals surface area (Å²) in [5.41, 5.74) is -1.04. The number of nitrogens with zero attached hydrogens (tertiary/aromatic N) is 2. The summed E-state index contributed by atoms with van der Waals surface area (Å²) in [4.78, 5) is 39.4. The Kier molecular flexibility index (Phi) is 5.22. The maximum Gasteiger partial charge on any atom is 0.416 e. The topological polar surface area (TPSA) is 81.8 Å². The number of fused-ring (bicyclic) bond motifs is 1. The van der Waals surface area contributed by atoms with Crippen molar-refractivity contribution in [3.8, 4) is 0 Å². The van der Waals surface area contributed by atoms with Crippen LogP contribution in [0.1, 0.15) is 32.3 Å². The number of imide groups is 1. The third-order valence-corrected chi connectivity index (χ3v) is 4.73. The highest BCUT2D eigenvalue weighted by Gasteiger charge is 2.49. The van der Waals surface area contributed by atoms with Gasteiger partial charge in [-0.1, -0.05) is 6.07 Å². The van der Waals surface area contributed by atoms with Gasteiger partial charge in [0.15, 0.2) is 0 Å².